The van der Waals surface area contributed by atoms with E-state index in [0.29, 0.717) is 17.9 Å². The first-order valence-corrected chi connectivity index (χ1v) is 5.97. The lowest BCUT2D eigenvalue weighted by atomic mass is 10.3. The van der Waals surface area contributed by atoms with E-state index in [2.05, 4.69) is 10.6 Å². The minimum absolute atomic E-state index is 0.00851. The van der Waals surface area contributed by atoms with Gasteiger partial charge in [0.2, 0.25) is 0 Å². The van der Waals surface area contributed by atoms with Gasteiger partial charge in [-0.1, -0.05) is 0 Å². The maximum Gasteiger partial charge on any atom is 0.314 e. The predicted molar refractivity (Wildman–Crippen MR) is 66.7 cm³/mol. The van der Waals surface area contributed by atoms with E-state index in [0.717, 1.165) is 0 Å². The Hall–Kier alpha value is -2.02. The van der Waals surface area contributed by atoms with E-state index in [1.165, 1.54) is 0 Å². The van der Waals surface area contributed by atoms with Gasteiger partial charge in [-0.25, -0.2) is 4.79 Å². The van der Waals surface area contributed by atoms with Crippen molar-refractivity contribution in [2.45, 2.75) is 25.9 Å². The van der Waals surface area contributed by atoms with Crippen LogP contribution in [0, 0.1) is 6.92 Å². The first kappa shape index (κ1) is 15.0. The van der Waals surface area contributed by atoms with Crippen LogP contribution in [0.15, 0.2) is 16.5 Å². The monoisotopic (exact) mass is 270 g/mol. The normalized spacial score (nSPS) is 11.9. The zero-order valence-electron chi connectivity index (χ0n) is 10.7. The Balaban J connectivity index is 2.17. The fraction of sp³-hybridized carbons (Fsp3) is 0.500. The van der Waals surface area contributed by atoms with Crippen molar-refractivity contribution in [2.24, 2.45) is 0 Å². The molecule has 0 aliphatic heterocycles. The molecule has 1 unspecified atom stereocenters. The Labute approximate surface area is 110 Å². The molecule has 0 aromatic carbocycles. The van der Waals surface area contributed by atoms with Crippen molar-refractivity contribution in [3.63, 3.8) is 0 Å². The van der Waals surface area contributed by atoms with Crippen LogP contribution in [0.25, 0.3) is 0 Å². The molecule has 2 amide bonds. The highest BCUT2D eigenvalue weighted by molar-refractivity contribution is 5.73. The van der Waals surface area contributed by atoms with Crippen LogP contribution in [0.5, 0.6) is 0 Å². The Morgan fingerprint density at radius 3 is 2.68 bits per heavy atom. The van der Waals surface area contributed by atoms with Gasteiger partial charge in [-0.05, 0) is 25.5 Å². The first-order valence-electron chi connectivity index (χ1n) is 5.97. The molecule has 0 saturated heterocycles. The Morgan fingerprint density at radius 2 is 2.11 bits per heavy atom. The van der Waals surface area contributed by atoms with Gasteiger partial charge in [0.1, 0.15) is 17.6 Å². The van der Waals surface area contributed by atoms with Gasteiger partial charge in [0.05, 0.1) is 6.54 Å². The molecule has 0 aliphatic rings. The van der Waals surface area contributed by atoms with Gasteiger partial charge in [-0.15, -0.1) is 0 Å². The molecule has 1 atom stereocenters. The number of aliphatic hydroxyl groups excluding tert-OH is 1. The molecule has 0 fully saturated rings. The lowest BCUT2D eigenvalue weighted by molar-refractivity contribution is -0.137. The van der Waals surface area contributed by atoms with Crippen LogP contribution in [0.4, 0.5) is 4.79 Å². The molecule has 7 heteroatoms. The van der Waals surface area contributed by atoms with Gasteiger partial charge in [-0.2, -0.15) is 0 Å². The summed E-state index contributed by atoms with van der Waals surface area (Å²) >= 11 is 0. The summed E-state index contributed by atoms with van der Waals surface area (Å²) < 4.78 is 5.22. The van der Waals surface area contributed by atoms with Crippen LogP contribution in [0.2, 0.25) is 0 Å². The maximum atomic E-state index is 11.3. The summed E-state index contributed by atoms with van der Waals surface area (Å²) in [6.45, 7) is 2.06. The highest BCUT2D eigenvalue weighted by atomic mass is 16.4. The number of carboxylic acids is 1. The molecular formula is C12H18N2O5. The molecule has 7 nitrogen and oxygen atoms in total. The number of urea groups is 1. The van der Waals surface area contributed by atoms with Gasteiger partial charge in [0, 0.05) is 13.0 Å². The van der Waals surface area contributed by atoms with E-state index >= 15 is 0 Å². The molecular weight excluding hydrogens is 252 g/mol. The summed E-state index contributed by atoms with van der Waals surface area (Å²) in [5.74, 6) is 0.182. The standard InChI is InChI=1S/C12H18N2O5/c1-8-4-5-10(19-8)9(15)7-14-12(18)13-6-2-3-11(16)17/h4-5,9,15H,2-3,6-7H2,1H3,(H,16,17)(H2,13,14,18). The largest absolute Gasteiger partial charge is 0.481 e. The first-order chi connectivity index (χ1) is 8.99. The second-order valence-electron chi connectivity index (χ2n) is 4.10. The topological polar surface area (TPSA) is 112 Å². The maximum absolute atomic E-state index is 11.3. The molecule has 4 N–H and O–H groups in total. The molecule has 1 heterocycles. The predicted octanol–water partition coefficient (Wildman–Crippen LogP) is 0.785. The van der Waals surface area contributed by atoms with Gasteiger partial charge >= 0.3 is 12.0 Å². The number of rotatable bonds is 7. The van der Waals surface area contributed by atoms with Gasteiger partial charge in [0.15, 0.2) is 0 Å². The molecule has 0 spiro atoms. The molecule has 0 saturated carbocycles. The third-order valence-electron chi connectivity index (χ3n) is 2.40. The summed E-state index contributed by atoms with van der Waals surface area (Å²) in [4.78, 5) is 21.6. The lowest BCUT2D eigenvalue weighted by Gasteiger charge is -2.10. The molecule has 106 valence electrons. The average Bonchev–Trinajstić information content (AvgIpc) is 2.78. The van der Waals surface area contributed by atoms with Gasteiger partial charge in [0.25, 0.3) is 0 Å². The fourth-order valence-electron chi connectivity index (χ4n) is 1.43. The third-order valence-corrected chi connectivity index (χ3v) is 2.40. The van der Waals surface area contributed by atoms with E-state index in [1.807, 2.05) is 0 Å². The van der Waals surface area contributed by atoms with Crippen molar-refractivity contribution < 1.29 is 24.2 Å². The van der Waals surface area contributed by atoms with E-state index in [-0.39, 0.29) is 19.5 Å². The molecule has 1 aromatic rings. The summed E-state index contributed by atoms with van der Waals surface area (Å²) in [5, 5.41) is 23.1. The van der Waals surface area contributed by atoms with E-state index in [9.17, 15) is 14.7 Å². The smallest absolute Gasteiger partial charge is 0.314 e. The fourth-order valence-corrected chi connectivity index (χ4v) is 1.43. The van der Waals surface area contributed by atoms with Crippen molar-refractivity contribution in [1.29, 1.82) is 0 Å². The summed E-state index contributed by atoms with van der Waals surface area (Å²) in [5.41, 5.74) is 0. The van der Waals surface area contributed by atoms with Crippen molar-refractivity contribution in [3.05, 3.63) is 23.7 Å². The molecule has 19 heavy (non-hydrogen) atoms. The zero-order chi connectivity index (χ0) is 14.3. The molecule has 0 aliphatic carbocycles. The van der Waals surface area contributed by atoms with Crippen LogP contribution in [-0.4, -0.2) is 35.3 Å². The van der Waals surface area contributed by atoms with Gasteiger partial charge < -0.3 is 25.3 Å². The van der Waals surface area contributed by atoms with Crippen molar-refractivity contribution in [1.82, 2.24) is 10.6 Å². The number of carbonyl (C=O) groups is 2. The number of aliphatic hydroxyl groups is 1. The molecule has 1 aromatic heterocycles. The van der Waals surface area contributed by atoms with Crippen LogP contribution in [0.3, 0.4) is 0 Å². The van der Waals surface area contributed by atoms with Gasteiger partial charge in [-0.3, -0.25) is 4.79 Å². The van der Waals surface area contributed by atoms with Crippen LogP contribution >= 0.6 is 0 Å². The zero-order valence-corrected chi connectivity index (χ0v) is 10.7. The highest BCUT2D eigenvalue weighted by Gasteiger charge is 2.12. The van der Waals surface area contributed by atoms with Crippen molar-refractivity contribution in [2.75, 3.05) is 13.1 Å². The number of furan rings is 1. The van der Waals surface area contributed by atoms with Crippen molar-refractivity contribution >= 4 is 12.0 Å². The minimum atomic E-state index is -0.904. The number of carboxylic acid groups (broad SMARTS) is 1. The van der Waals surface area contributed by atoms with E-state index in [4.69, 9.17) is 9.52 Å². The highest BCUT2D eigenvalue weighted by Crippen LogP contribution is 2.14. The molecule has 0 bridgehead atoms. The summed E-state index contributed by atoms with van der Waals surface area (Å²) in [7, 11) is 0. The average molecular weight is 270 g/mol. The summed E-state index contributed by atoms with van der Waals surface area (Å²) in [6.07, 6.45) is -0.532. The van der Waals surface area contributed by atoms with Crippen LogP contribution in [0.1, 0.15) is 30.5 Å². The Bertz CT molecular complexity index is 430. The minimum Gasteiger partial charge on any atom is -0.481 e. The summed E-state index contributed by atoms with van der Waals surface area (Å²) in [6, 6.07) is 2.92. The third kappa shape index (κ3) is 5.91. The van der Waals surface area contributed by atoms with E-state index < -0.39 is 18.1 Å². The number of carbonyl (C=O) groups excluding carboxylic acids is 1. The number of nitrogens with one attached hydrogen (secondary N) is 2. The number of aliphatic carboxylic acids is 1. The van der Waals surface area contributed by atoms with Crippen LogP contribution in [-0.2, 0) is 4.79 Å². The Kier molecular flexibility index (Phi) is 5.87. The van der Waals surface area contributed by atoms with E-state index in [1.54, 1.807) is 19.1 Å². The number of hydrogen-bond acceptors (Lipinski definition) is 4. The molecule has 1 rings (SSSR count). The SMILES string of the molecule is Cc1ccc(C(O)CNC(=O)NCCCC(=O)O)o1. The number of aryl methyl sites for hydroxylation is 1. The lowest BCUT2D eigenvalue weighted by Crippen LogP contribution is -2.38. The molecule has 0 radical (unpaired) electrons. The van der Waals surface area contributed by atoms with Crippen molar-refractivity contribution in [3.8, 4) is 0 Å². The second-order valence-corrected chi connectivity index (χ2v) is 4.10. The Morgan fingerprint density at radius 1 is 1.37 bits per heavy atom. The quantitative estimate of drug-likeness (QED) is 0.547. The second kappa shape index (κ2) is 7.42. The van der Waals surface area contributed by atoms with Crippen LogP contribution < -0.4 is 10.6 Å². The number of hydrogen-bond donors (Lipinski definition) is 4. The number of amides is 2.